The molecule has 0 bridgehead atoms. The van der Waals surface area contributed by atoms with Crippen LogP contribution in [0.5, 0.6) is 0 Å². The molecule has 0 saturated heterocycles. The molecule has 0 heterocycles. The fourth-order valence-electron chi connectivity index (χ4n) is 3.21. The van der Waals surface area contributed by atoms with Crippen LogP contribution in [0.25, 0.3) is 0 Å². The number of aliphatic hydroxyl groups is 1. The van der Waals surface area contributed by atoms with E-state index in [9.17, 15) is 5.11 Å². The van der Waals surface area contributed by atoms with Gasteiger partial charge in [-0.3, -0.25) is 0 Å². The van der Waals surface area contributed by atoms with Crippen molar-refractivity contribution in [2.45, 2.75) is 12.5 Å². The third-order valence-corrected chi connectivity index (χ3v) is 4.50. The van der Waals surface area contributed by atoms with Gasteiger partial charge in [0.1, 0.15) is 5.60 Å². The average molecular weight is 344 g/mol. The Morgan fingerprint density at radius 1 is 0.769 bits per heavy atom. The molecule has 0 saturated carbocycles. The van der Waals surface area contributed by atoms with Gasteiger partial charge in [0, 0.05) is 0 Å². The second-order valence-corrected chi connectivity index (χ2v) is 6.30. The van der Waals surface area contributed by atoms with Crippen molar-refractivity contribution >= 4 is 0 Å². The van der Waals surface area contributed by atoms with Crippen molar-refractivity contribution in [1.82, 2.24) is 0 Å². The summed E-state index contributed by atoms with van der Waals surface area (Å²) in [7, 11) is 0. The first-order valence-electron chi connectivity index (χ1n) is 8.84. The van der Waals surface area contributed by atoms with Crippen molar-refractivity contribution in [1.29, 1.82) is 0 Å². The SMILES string of the molecule is C/C(=C\CO)COC(c1ccccc1)(c1ccccc1)c1ccccc1. The summed E-state index contributed by atoms with van der Waals surface area (Å²) in [5.41, 5.74) is 3.52. The lowest BCUT2D eigenvalue weighted by atomic mass is 9.80. The van der Waals surface area contributed by atoms with Crippen LogP contribution in [0.15, 0.2) is 103 Å². The van der Waals surface area contributed by atoms with Crippen LogP contribution in [-0.4, -0.2) is 18.3 Å². The Hall–Kier alpha value is -2.68. The Balaban J connectivity index is 2.19. The molecule has 0 atom stereocenters. The molecule has 0 fully saturated rings. The van der Waals surface area contributed by atoms with E-state index >= 15 is 0 Å². The smallest absolute Gasteiger partial charge is 0.144 e. The number of hydrogen-bond donors (Lipinski definition) is 1. The predicted molar refractivity (Wildman–Crippen MR) is 106 cm³/mol. The zero-order chi connectivity index (χ0) is 18.2. The highest BCUT2D eigenvalue weighted by Gasteiger charge is 2.37. The summed E-state index contributed by atoms with van der Waals surface area (Å²) < 4.78 is 6.62. The first kappa shape index (κ1) is 18.1. The fraction of sp³-hybridized carbons (Fsp3) is 0.167. The quantitative estimate of drug-likeness (QED) is 0.486. The minimum absolute atomic E-state index is 0.0181. The van der Waals surface area contributed by atoms with Crippen LogP contribution in [0.3, 0.4) is 0 Å². The normalized spacial score (nSPS) is 12.2. The van der Waals surface area contributed by atoms with Gasteiger partial charge >= 0.3 is 0 Å². The molecule has 0 spiro atoms. The Kier molecular flexibility index (Phi) is 6.00. The van der Waals surface area contributed by atoms with Crippen LogP contribution in [0.2, 0.25) is 0 Å². The Bertz CT molecular complexity index is 727. The second-order valence-electron chi connectivity index (χ2n) is 6.30. The molecule has 3 aromatic rings. The van der Waals surface area contributed by atoms with Crippen molar-refractivity contribution in [3.8, 4) is 0 Å². The Morgan fingerprint density at radius 3 is 1.50 bits per heavy atom. The van der Waals surface area contributed by atoms with E-state index < -0.39 is 5.60 Å². The molecular formula is C24H24O2. The van der Waals surface area contributed by atoms with Crippen LogP contribution >= 0.6 is 0 Å². The van der Waals surface area contributed by atoms with Crippen molar-refractivity contribution in [2.24, 2.45) is 0 Å². The number of hydrogen-bond acceptors (Lipinski definition) is 2. The molecule has 0 radical (unpaired) electrons. The lowest BCUT2D eigenvalue weighted by Gasteiger charge is -2.36. The zero-order valence-corrected chi connectivity index (χ0v) is 15.0. The molecule has 26 heavy (non-hydrogen) atoms. The number of rotatable bonds is 7. The van der Waals surface area contributed by atoms with E-state index in [0.29, 0.717) is 6.61 Å². The van der Waals surface area contributed by atoms with Crippen LogP contribution in [0.1, 0.15) is 23.6 Å². The van der Waals surface area contributed by atoms with Gasteiger partial charge in [-0.1, -0.05) is 97.1 Å². The summed E-state index contributed by atoms with van der Waals surface area (Å²) in [6, 6.07) is 30.9. The van der Waals surface area contributed by atoms with Crippen molar-refractivity contribution in [3.05, 3.63) is 119 Å². The van der Waals surface area contributed by atoms with Gasteiger partial charge < -0.3 is 9.84 Å². The summed E-state index contributed by atoms with van der Waals surface area (Å²) in [5, 5.41) is 9.19. The standard InChI is InChI=1S/C24H24O2/c1-20(17-18-25)19-26-24(21-11-5-2-6-12-21,22-13-7-3-8-14-22)23-15-9-4-10-16-23/h2-17,25H,18-19H2,1H3/b20-17+. The molecule has 2 heteroatoms. The largest absolute Gasteiger partial charge is 0.392 e. The van der Waals surface area contributed by atoms with Gasteiger partial charge in [0.05, 0.1) is 13.2 Å². The van der Waals surface area contributed by atoms with Gasteiger partial charge in [-0.25, -0.2) is 0 Å². The molecule has 0 amide bonds. The molecule has 3 rings (SSSR count). The van der Waals surface area contributed by atoms with Gasteiger partial charge in [0.15, 0.2) is 0 Å². The molecule has 0 aliphatic heterocycles. The van der Waals surface area contributed by atoms with E-state index in [4.69, 9.17) is 4.74 Å². The monoisotopic (exact) mass is 344 g/mol. The Labute approximate surface area is 155 Å². The van der Waals surface area contributed by atoms with Crippen molar-refractivity contribution < 1.29 is 9.84 Å². The van der Waals surface area contributed by atoms with E-state index in [0.717, 1.165) is 22.3 Å². The molecule has 0 aromatic heterocycles. The Morgan fingerprint density at radius 2 is 1.15 bits per heavy atom. The number of aliphatic hydroxyl groups excluding tert-OH is 1. The van der Waals surface area contributed by atoms with E-state index in [-0.39, 0.29) is 6.61 Å². The maximum Gasteiger partial charge on any atom is 0.144 e. The highest BCUT2D eigenvalue weighted by molar-refractivity contribution is 5.47. The highest BCUT2D eigenvalue weighted by atomic mass is 16.5. The van der Waals surface area contributed by atoms with Crippen molar-refractivity contribution in [3.63, 3.8) is 0 Å². The van der Waals surface area contributed by atoms with Gasteiger partial charge in [-0.2, -0.15) is 0 Å². The maximum atomic E-state index is 9.19. The third-order valence-electron chi connectivity index (χ3n) is 4.50. The third kappa shape index (κ3) is 3.77. The fourth-order valence-corrected chi connectivity index (χ4v) is 3.21. The average Bonchev–Trinajstić information content (AvgIpc) is 2.71. The molecule has 3 aromatic carbocycles. The topological polar surface area (TPSA) is 29.5 Å². The molecular weight excluding hydrogens is 320 g/mol. The lowest BCUT2D eigenvalue weighted by molar-refractivity contribution is 0.0276. The molecule has 0 aliphatic carbocycles. The van der Waals surface area contributed by atoms with E-state index in [2.05, 4.69) is 36.4 Å². The summed E-state index contributed by atoms with van der Waals surface area (Å²) in [6.07, 6.45) is 1.78. The van der Waals surface area contributed by atoms with Crippen LogP contribution in [-0.2, 0) is 10.3 Å². The van der Waals surface area contributed by atoms with Gasteiger partial charge in [-0.15, -0.1) is 0 Å². The highest BCUT2D eigenvalue weighted by Crippen LogP contribution is 2.40. The predicted octanol–water partition coefficient (Wildman–Crippen LogP) is 4.93. The minimum atomic E-state index is -0.714. The molecule has 0 aliphatic rings. The summed E-state index contributed by atoms with van der Waals surface area (Å²) >= 11 is 0. The van der Waals surface area contributed by atoms with Gasteiger partial charge in [0.2, 0.25) is 0 Å². The van der Waals surface area contributed by atoms with E-state index in [1.807, 2.05) is 61.5 Å². The van der Waals surface area contributed by atoms with Crippen LogP contribution in [0, 0.1) is 0 Å². The van der Waals surface area contributed by atoms with Gasteiger partial charge in [-0.05, 0) is 29.2 Å². The van der Waals surface area contributed by atoms with E-state index in [1.54, 1.807) is 6.08 Å². The number of benzene rings is 3. The molecule has 132 valence electrons. The summed E-state index contributed by atoms with van der Waals surface area (Å²) in [5.74, 6) is 0. The lowest BCUT2D eigenvalue weighted by Crippen LogP contribution is -2.33. The minimum Gasteiger partial charge on any atom is -0.392 e. The first-order chi connectivity index (χ1) is 12.8. The van der Waals surface area contributed by atoms with E-state index in [1.165, 1.54) is 0 Å². The molecule has 2 nitrogen and oxygen atoms in total. The maximum absolute atomic E-state index is 9.19. The van der Waals surface area contributed by atoms with Crippen LogP contribution < -0.4 is 0 Å². The summed E-state index contributed by atoms with van der Waals surface area (Å²) in [6.45, 7) is 2.42. The zero-order valence-electron chi connectivity index (χ0n) is 15.0. The summed E-state index contributed by atoms with van der Waals surface area (Å²) in [4.78, 5) is 0. The number of ether oxygens (including phenoxy) is 1. The molecule has 1 N–H and O–H groups in total. The van der Waals surface area contributed by atoms with Gasteiger partial charge in [0.25, 0.3) is 0 Å². The molecule has 0 unspecified atom stereocenters. The van der Waals surface area contributed by atoms with Crippen LogP contribution in [0.4, 0.5) is 0 Å². The van der Waals surface area contributed by atoms with Crippen molar-refractivity contribution in [2.75, 3.05) is 13.2 Å². The first-order valence-corrected chi connectivity index (χ1v) is 8.84. The second kappa shape index (κ2) is 8.61.